The number of aromatic nitrogens is 1. The van der Waals surface area contributed by atoms with Gasteiger partial charge in [-0.1, -0.05) is 0 Å². The Hall–Kier alpha value is -2.51. The number of hydrogen-bond donors (Lipinski definition) is 2. The third-order valence-electron chi connectivity index (χ3n) is 5.97. The number of nitrogens with zero attached hydrogens (tertiary/aromatic N) is 2. The number of halogens is 1. The summed E-state index contributed by atoms with van der Waals surface area (Å²) in [6, 6.07) is 10.1. The number of amides is 1. The van der Waals surface area contributed by atoms with Gasteiger partial charge < -0.3 is 15.8 Å². The third-order valence-corrected chi connectivity index (χ3v) is 5.97. The maximum absolute atomic E-state index is 13.1. The summed E-state index contributed by atoms with van der Waals surface area (Å²) in [5.41, 5.74) is 7.85. The molecule has 0 radical (unpaired) electrons. The van der Waals surface area contributed by atoms with Gasteiger partial charge in [0, 0.05) is 24.6 Å². The van der Waals surface area contributed by atoms with Gasteiger partial charge in [-0.3, -0.25) is 9.69 Å². The van der Waals surface area contributed by atoms with E-state index >= 15 is 0 Å². The largest absolute Gasteiger partial charge is 0.396 e. The van der Waals surface area contributed by atoms with Crippen LogP contribution in [0.1, 0.15) is 0 Å². The number of fused-ring (bicyclic) bond motifs is 1. The summed E-state index contributed by atoms with van der Waals surface area (Å²) in [7, 11) is 0. The number of nitrogen functional groups attached to an aromatic ring is 1. The van der Waals surface area contributed by atoms with Gasteiger partial charge in [-0.15, -0.1) is 0 Å². The second-order valence-corrected chi connectivity index (χ2v) is 7.63. The molecule has 6 nitrogen and oxygen atoms in total. The van der Waals surface area contributed by atoms with Crippen LogP contribution in [0.25, 0.3) is 11.3 Å². The second kappa shape index (κ2) is 6.28. The molecule has 2 saturated heterocycles. The van der Waals surface area contributed by atoms with Crippen molar-refractivity contribution in [2.45, 2.75) is 6.04 Å². The molecule has 3 fully saturated rings. The number of nitrogens with one attached hydrogen (secondary N) is 1. The highest BCUT2D eigenvalue weighted by Crippen LogP contribution is 2.53. The minimum atomic E-state index is -0.300. The van der Waals surface area contributed by atoms with Crippen molar-refractivity contribution in [1.29, 1.82) is 0 Å². The molecule has 1 saturated carbocycles. The van der Waals surface area contributed by atoms with Gasteiger partial charge in [0.05, 0.1) is 30.6 Å². The normalized spacial score (nSPS) is 27.1. The maximum Gasteiger partial charge on any atom is 0.229 e. The number of likely N-dealkylation sites (tertiary alicyclic amines) is 1. The molecule has 3 heterocycles. The first-order chi connectivity index (χ1) is 13.1. The number of carbonyl (C=O) groups is 1. The predicted octanol–water partition coefficient (Wildman–Crippen LogP) is 1.98. The number of benzene rings is 1. The minimum absolute atomic E-state index is 0.00929. The molecule has 27 heavy (non-hydrogen) atoms. The van der Waals surface area contributed by atoms with Crippen LogP contribution in [0.2, 0.25) is 0 Å². The fourth-order valence-corrected chi connectivity index (χ4v) is 4.23. The molecule has 2 unspecified atom stereocenters. The lowest BCUT2D eigenvalue weighted by molar-refractivity contribution is -0.118. The van der Waals surface area contributed by atoms with E-state index in [0.29, 0.717) is 35.1 Å². The lowest BCUT2D eigenvalue weighted by Gasteiger charge is -2.35. The first-order valence-corrected chi connectivity index (χ1v) is 9.25. The number of rotatable bonds is 4. The van der Waals surface area contributed by atoms with Crippen LogP contribution < -0.4 is 11.1 Å². The molecule has 1 amide bonds. The van der Waals surface area contributed by atoms with Crippen molar-refractivity contribution in [3.63, 3.8) is 0 Å². The molecule has 3 atom stereocenters. The topological polar surface area (TPSA) is 80.5 Å². The van der Waals surface area contributed by atoms with Gasteiger partial charge in [0.15, 0.2) is 5.82 Å². The number of ether oxygens (including phenoxy) is 1. The van der Waals surface area contributed by atoms with Crippen molar-refractivity contribution >= 4 is 17.4 Å². The van der Waals surface area contributed by atoms with E-state index in [4.69, 9.17) is 10.5 Å². The highest BCUT2D eigenvalue weighted by atomic mass is 19.1. The van der Waals surface area contributed by atoms with Crippen LogP contribution in [0.5, 0.6) is 0 Å². The molecule has 3 N–H and O–H groups in total. The zero-order valence-electron chi connectivity index (χ0n) is 14.8. The monoisotopic (exact) mass is 368 g/mol. The highest BCUT2D eigenvalue weighted by molar-refractivity contribution is 5.96. The van der Waals surface area contributed by atoms with Crippen molar-refractivity contribution in [2.75, 3.05) is 37.4 Å². The number of hydrogen-bond acceptors (Lipinski definition) is 5. The van der Waals surface area contributed by atoms with Gasteiger partial charge in [0.2, 0.25) is 5.91 Å². The summed E-state index contributed by atoms with van der Waals surface area (Å²) < 4.78 is 18.4. The summed E-state index contributed by atoms with van der Waals surface area (Å²) in [4.78, 5) is 19.6. The first-order valence-electron chi connectivity index (χ1n) is 9.25. The van der Waals surface area contributed by atoms with Crippen molar-refractivity contribution in [3.05, 3.63) is 42.2 Å². The second-order valence-electron chi connectivity index (χ2n) is 7.63. The van der Waals surface area contributed by atoms with Crippen molar-refractivity contribution in [2.24, 2.45) is 17.8 Å². The maximum atomic E-state index is 13.1. The Kier molecular flexibility index (Phi) is 3.87. The summed E-state index contributed by atoms with van der Waals surface area (Å²) in [5, 5.41) is 2.90. The van der Waals surface area contributed by atoms with Gasteiger partial charge >= 0.3 is 0 Å². The van der Waals surface area contributed by atoms with Crippen LogP contribution in [-0.2, 0) is 9.53 Å². The Balaban J connectivity index is 1.26. The lowest BCUT2D eigenvalue weighted by Crippen LogP contribution is -2.49. The van der Waals surface area contributed by atoms with E-state index in [0.717, 1.165) is 31.9 Å². The molecule has 5 rings (SSSR count). The van der Waals surface area contributed by atoms with Crippen molar-refractivity contribution < 1.29 is 13.9 Å². The average molecular weight is 368 g/mol. The minimum Gasteiger partial charge on any atom is -0.396 e. The van der Waals surface area contributed by atoms with E-state index in [9.17, 15) is 9.18 Å². The smallest absolute Gasteiger partial charge is 0.229 e. The van der Waals surface area contributed by atoms with Crippen LogP contribution in [0.15, 0.2) is 36.4 Å². The Morgan fingerprint density at radius 1 is 1.15 bits per heavy atom. The van der Waals surface area contributed by atoms with Gasteiger partial charge in [-0.25, -0.2) is 9.37 Å². The van der Waals surface area contributed by atoms with Crippen LogP contribution in [-0.4, -0.2) is 48.1 Å². The Labute approximate surface area is 156 Å². The molecule has 3 aliphatic rings. The van der Waals surface area contributed by atoms with Gasteiger partial charge in [0.1, 0.15) is 5.82 Å². The van der Waals surface area contributed by atoms with Gasteiger partial charge in [0.25, 0.3) is 0 Å². The van der Waals surface area contributed by atoms with E-state index in [1.54, 1.807) is 24.3 Å². The highest BCUT2D eigenvalue weighted by Gasteiger charge is 2.60. The Bertz CT molecular complexity index is 872. The van der Waals surface area contributed by atoms with E-state index in [1.807, 2.05) is 0 Å². The third kappa shape index (κ3) is 2.96. The van der Waals surface area contributed by atoms with Gasteiger partial charge in [-0.2, -0.15) is 0 Å². The van der Waals surface area contributed by atoms with Crippen LogP contribution in [0, 0.1) is 23.6 Å². The summed E-state index contributed by atoms with van der Waals surface area (Å²) in [6.07, 6.45) is 0. The standard InChI is InChI=1S/C20H21FN4O2/c21-12-3-1-11(2-4-12)17-6-5-16(22)19(23-17)24-20(26)18-14-7-25(8-15(14)18)13-9-27-10-13/h1-6,13-15,18H,7-10,22H2,(H,23,24,26)/t14-,15?,18?/m1/s1. The van der Waals surface area contributed by atoms with Crippen molar-refractivity contribution in [3.8, 4) is 11.3 Å². The zero-order chi connectivity index (χ0) is 18.5. The summed E-state index contributed by atoms with van der Waals surface area (Å²) >= 11 is 0. The molecule has 140 valence electrons. The van der Waals surface area contributed by atoms with Crippen LogP contribution >= 0.6 is 0 Å². The SMILES string of the molecule is Nc1ccc(-c2ccc(F)cc2)nc1NC(=O)C1C2CN(C3COC3)C[C@H]21. The molecule has 0 bridgehead atoms. The van der Waals surface area contributed by atoms with Crippen LogP contribution in [0.3, 0.4) is 0 Å². The fourth-order valence-electron chi connectivity index (χ4n) is 4.23. The zero-order valence-corrected chi connectivity index (χ0v) is 14.8. The molecule has 1 aliphatic carbocycles. The molecule has 1 aromatic heterocycles. The number of carbonyl (C=O) groups excluding carboxylic acids is 1. The molecular formula is C20H21FN4O2. The predicted molar refractivity (Wildman–Crippen MR) is 99.3 cm³/mol. The molecule has 0 spiro atoms. The number of nitrogens with two attached hydrogens (primary N) is 1. The van der Waals surface area contributed by atoms with Gasteiger partial charge in [-0.05, 0) is 48.2 Å². The summed E-state index contributed by atoms with van der Waals surface area (Å²) in [5.74, 6) is 0.948. The Morgan fingerprint density at radius 3 is 2.48 bits per heavy atom. The number of anilines is 2. The molecule has 2 aliphatic heterocycles. The average Bonchev–Trinajstić information content (AvgIpc) is 3.12. The van der Waals surface area contributed by atoms with E-state index < -0.39 is 0 Å². The molecular weight excluding hydrogens is 347 g/mol. The summed E-state index contributed by atoms with van der Waals surface area (Å²) in [6.45, 7) is 3.56. The lowest BCUT2D eigenvalue weighted by atomic mass is 10.1. The van der Waals surface area contributed by atoms with E-state index in [2.05, 4.69) is 15.2 Å². The van der Waals surface area contributed by atoms with Crippen molar-refractivity contribution in [1.82, 2.24) is 9.88 Å². The molecule has 1 aromatic carbocycles. The number of piperidine rings is 1. The van der Waals surface area contributed by atoms with E-state index in [1.165, 1.54) is 12.1 Å². The number of pyridine rings is 1. The molecule has 2 aromatic rings. The quantitative estimate of drug-likeness (QED) is 0.863. The molecule has 7 heteroatoms. The van der Waals surface area contributed by atoms with Crippen LogP contribution in [0.4, 0.5) is 15.9 Å². The Morgan fingerprint density at radius 2 is 1.85 bits per heavy atom. The van der Waals surface area contributed by atoms with E-state index in [-0.39, 0.29) is 17.6 Å². The first kappa shape index (κ1) is 16.6. The fraction of sp³-hybridized carbons (Fsp3) is 0.400.